The molecule has 0 N–H and O–H groups in total. The summed E-state index contributed by atoms with van der Waals surface area (Å²) in [4.78, 5) is 14.9. The highest BCUT2D eigenvalue weighted by Gasteiger charge is 2.21. The summed E-state index contributed by atoms with van der Waals surface area (Å²) in [5.74, 6) is 2.19. The first kappa shape index (κ1) is 16.5. The van der Waals surface area contributed by atoms with Gasteiger partial charge in [0.25, 0.3) is 0 Å². The van der Waals surface area contributed by atoms with Crippen LogP contribution in [0.1, 0.15) is 0 Å². The average Bonchev–Trinajstić information content (AvgIpc) is 3.12. The van der Waals surface area contributed by atoms with Crippen LogP contribution >= 0.6 is 0 Å². The minimum atomic E-state index is 0.570. The van der Waals surface area contributed by atoms with Crippen molar-refractivity contribution in [2.24, 2.45) is 0 Å². The number of ether oxygens (including phenoxy) is 2. The fourth-order valence-electron chi connectivity index (χ4n) is 2.81. The molecule has 0 bridgehead atoms. The zero-order valence-electron chi connectivity index (χ0n) is 15.1. The van der Waals surface area contributed by atoms with E-state index in [1.165, 1.54) is 0 Å². The molecule has 0 saturated carbocycles. The molecular formula is C17H21N7O2. The summed E-state index contributed by atoms with van der Waals surface area (Å²) >= 11 is 0. The number of anilines is 2. The SMILES string of the molecule is COc1ccc(-n2nc3nc(N(C)C)nc(N4CCOCC4)c3n2)cc1. The number of morpholine rings is 1. The lowest BCUT2D eigenvalue weighted by molar-refractivity contribution is 0.122. The molecular weight excluding hydrogens is 334 g/mol. The summed E-state index contributed by atoms with van der Waals surface area (Å²) in [5, 5.41) is 9.22. The minimum absolute atomic E-state index is 0.570. The van der Waals surface area contributed by atoms with E-state index in [1.807, 2.05) is 43.3 Å². The monoisotopic (exact) mass is 355 g/mol. The molecule has 0 atom stereocenters. The van der Waals surface area contributed by atoms with Crippen molar-refractivity contribution in [1.82, 2.24) is 25.0 Å². The molecule has 1 aliphatic rings. The Bertz CT molecular complexity index is 901. The van der Waals surface area contributed by atoms with Crippen LogP contribution in [0.5, 0.6) is 5.75 Å². The normalized spacial score (nSPS) is 14.7. The minimum Gasteiger partial charge on any atom is -0.497 e. The molecule has 0 unspecified atom stereocenters. The highest BCUT2D eigenvalue weighted by atomic mass is 16.5. The van der Waals surface area contributed by atoms with E-state index < -0.39 is 0 Å². The number of rotatable bonds is 4. The maximum atomic E-state index is 5.46. The van der Waals surface area contributed by atoms with Gasteiger partial charge in [0, 0.05) is 27.2 Å². The second-order valence-corrected chi connectivity index (χ2v) is 6.20. The smallest absolute Gasteiger partial charge is 0.229 e. The number of benzene rings is 1. The van der Waals surface area contributed by atoms with Crippen molar-refractivity contribution in [2.45, 2.75) is 0 Å². The molecule has 2 aromatic heterocycles. The third kappa shape index (κ3) is 3.01. The van der Waals surface area contributed by atoms with E-state index in [0.717, 1.165) is 30.3 Å². The predicted octanol–water partition coefficient (Wildman–Crippen LogP) is 1.12. The van der Waals surface area contributed by atoms with Gasteiger partial charge in [-0.3, -0.25) is 0 Å². The van der Waals surface area contributed by atoms with Crippen molar-refractivity contribution < 1.29 is 9.47 Å². The van der Waals surface area contributed by atoms with Crippen LogP contribution in [-0.4, -0.2) is 72.5 Å². The lowest BCUT2D eigenvalue weighted by Crippen LogP contribution is -2.37. The molecule has 1 fully saturated rings. The summed E-state index contributed by atoms with van der Waals surface area (Å²) in [6, 6.07) is 7.57. The van der Waals surface area contributed by atoms with E-state index in [2.05, 4.69) is 20.1 Å². The van der Waals surface area contributed by atoms with Gasteiger partial charge in [0.05, 0.1) is 26.0 Å². The standard InChI is InChI=1S/C17H21N7O2/c1-22(2)17-18-15-14(16(19-17)23-8-10-26-11-9-23)20-24(21-15)12-4-6-13(25-3)7-5-12/h4-7H,8-11H2,1-3H3. The van der Waals surface area contributed by atoms with Crippen molar-refractivity contribution in [2.75, 3.05) is 57.3 Å². The number of nitrogens with zero attached hydrogens (tertiary/aromatic N) is 7. The van der Waals surface area contributed by atoms with E-state index in [9.17, 15) is 0 Å². The van der Waals surface area contributed by atoms with Gasteiger partial charge in [0.1, 0.15) is 5.75 Å². The fourth-order valence-corrected chi connectivity index (χ4v) is 2.81. The third-order valence-electron chi connectivity index (χ3n) is 4.23. The van der Waals surface area contributed by atoms with Gasteiger partial charge in [-0.05, 0) is 24.3 Å². The van der Waals surface area contributed by atoms with Crippen LogP contribution in [0.15, 0.2) is 24.3 Å². The molecule has 136 valence electrons. The lowest BCUT2D eigenvalue weighted by Gasteiger charge is -2.28. The van der Waals surface area contributed by atoms with Crippen LogP contribution in [0.2, 0.25) is 0 Å². The van der Waals surface area contributed by atoms with E-state index in [-0.39, 0.29) is 0 Å². The van der Waals surface area contributed by atoms with Gasteiger partial charge in [0.15, 0.2) is 11.3 Å². The first-order valence-electron chi connectivity index (χ1n) is 8.45. The molecule has 4 rings (SSSR count). The van der Waals surface area contributed by atoms with Crippen molar-refractivity contribution in [3.8, 4) is 11.4 Å². The van der Waals surface area contributed by atoms with Crippen LogP contribution in [0.4, 0.5) is 11.8 Å². The maximum Gasteiger partial charge on any atom is 0.229 e. The summed E-state index contributed by atoms with van der Waals surface area (Å²) in [7, 11) is 5.47. The molecule has 9 nitrogen and oxygen atoms in total. The molecule has 1 saturated heterocycles. The molecule has 1 aliphatic heterocycles. The molecule has 26 heavy (non-hydrogen) atoms. The molecule has 9 heteroatoms. The second kappa shape index (κ2) is 6.75. The zero-order valence-corrected chi connectivity index (χ0v) is 15.1. The van der Waals surface area contributed by atoms with Gasteiger partial charge in [-0.1, -0.05) is 0 Å². The summed E-state index contributed by atoms with van der Waals surface area (Å²) in [6.45, 7) is 2.90. The van der Waals surface area contributed by atoms with Gasteiger partial charge in [0.2, 0.25) is 11.6 Å². The van der Waals surface area contributed by atoms with Gasteiger partial charge < -0.3 is 19.3 Å². The van der Waals surface area contributed by atoms with Gasteiger partial charge in [-0.25, -0.2) is 0 Å². The zero-order chi connectivity index (χ0) is 18.1. The Morgan fingerprint density at radius 2 is 1.77 bits per heavy atom. The van der Waals surface area contributed by atoms with E-state index in [0.29, 0.717) is 30.3 Å². The fraction of sp³-hybridized carbons (Fsp3) is 0.412. The van der Waals surface area contributed by atoms with Crippen LogP contribution in [0.25, 0.3) is 16.9 Å². The van der Waals surface area contributed by atoms with Crippen LogP contribution in [-0.2, 0) is 4.74 Å². The van der Waals surface area contributed by atoms with Gasteiger partial charge >= 0.3 is 0 Å². The predicted molar refractivity (Wildman–Crippen MR) is 98.4 cm³/mol. The molecule has 1 aromatic carbocycles. The average molecular weight is 355 g/mol. The third-order valence-corrected chi connectivity index (χ3v) is 4.23. The molecule has 0 amide bonds. The molecule has 0 aliphatic carbocycles. The number of hydrogen-bond acceptors (Lipinski definition) is 8. The Hall–Kier alpha value is -2.94. The molecule has 0 radical (unpaired) electrons. The molecule has 3 aromatic rings. The Morgan fingerprint density at radius 3 is 2.42 bits per heavy atom. The number of fused-ring (bicyclic) bond motifs is 1. The van der Waals surface area contributed by atoms with Gasteiger partial charge in [-0.15, -0.1) is 15.0 Å². The van der Waals surface area contributed by atoms with Crippen LogP contribution < -0.4 is 14.5 Å². The first-order valence-corrected chi connectivity index (χ1v) is 8.45. The van der Waals surface area contributed by atoms with Crippen molar-refractivity contribution in [1.29, 1.82) is 0 Å². The van der Waals surface area contributed by atoms with Gasteiger partial charge in [-0.2, -0.15) is 9.97 Å². The summed E-state index contributed by atoms with van der Waals surface area (Å²) < 4.78 is 10.7. The van der Waals surface area contributed by atoms with Crippen LogP contribution in [0.3, 0.4) is 0 Å². The largest absolute Gasteiger partial charge is 0.497 e. The Kier molecular flexibility index (Phi) is 4.29. The van der Waals surface area contributed by atoms with E-state index >= 15 is 0 Å². The Balaban J connectivity index is 1.82. The van der Waals surface area contributed by atoms with Crippen molar-refractivity contribution in [3.63, 3.8) is 0 Å². The number of hydrogen-bond donors (Lipinski definition) is 0. The highest BCUT2D eigenvalue weighted by Crippen LogP contribution is 2.25. The first-order chi connectivity index (χ1) is 12.7. The highest BCUT2D eigenvalue weighted by molar-refractivity contribution is 5.84. The topological polar surface area (TPSA) is 81.4 Å². The molecule has 3 heterocycles. The number of methoxy groups -OCH3 is 1. The number of aromatic nitrogens is 5. The van der Waals surface area contributed by atoms with Crippen molar-refractivity contribution in [3.05, 3.63) is 24.3 Å². The maximum absolute atomic E-state index is 5.46. The quantitative estimate of drug-likeness (QED) is 0.689. The molecule has 0 spiro atoms. The van der Waals surface area contributed by atoms with Crippen molar-refractivity contribution >= 4 is 22.9 Å². The van der Waals surface area contributed by atoms with E-state index in [1.54, 1.807) is 11.9 Å². The van der Waals surface area contributed by atoms with E-state index in [4.69, 9.17) is 14.5 Å². The second-order valence-electron chi connectivity index (χ2n) is 6.20. The Labute approximate surface area is 151 Å². The van der Waals surface area contributed by atoms with Crippen LogP contribution in [0, 0.1) is 0 Å². The lowest BCUT2D eigenvalue weighted by atomic mass is 10.3. The summed E-state index contributed by atoms with van der Waals surface area (Å²) in [5.41, 5.74) is 2.09. The Morgan fingerprint density at radius 1 is 1.04 bits per heavy atom. The summed E-state index contributed by atoms with van der Waals surface area (Å²) in [6.07, 6.45) is 0.